The summed E-state index contributed by atoms with van der Waals surface area (Å²) in [7, 11) is 0. The second kappa shape index (κ2) is 18.0. The fourth-order valence-corrected chi connectivity index (χ4v) is 5.97. The van der Waals surface area contributed by atoms with Gasteiger partial charge in [0, 0.05) is 25.3 Å². The number of benzene rings is 2. The van der Waals surface area contributed by atoms with Gasteiger partial charge in [0.25, 0.3) is 6.01 Å². The van der Waals surface area contributed by atoms with Gasteiger partial charge in [0.1, 0.15) is 23.4 Å². The third-order valence-electron chi connectivity index (χ3n) is 8.50. The van der Waals surface area contributed by atoms with Crippen molar-refractivity contribution in [2.24, 2.45) is 0 Å². The number of oxazole rings is 1. The van der Waals surface area contributed by atoms with Gasteiger partial charge in [-0.25, -0.2) is 14.6 Å². The molecule has 4 heterocycles. The maximum absolute atomic E-state index is 12.9. The van der Waals surface area contributed by atoms with E-state index in [0.717, 1.165) is 36.1 Å². The number of aromatic nitrogens is 5. The molecule has 5 aromatic rings. The Balaban J connectivity index is 0.929. The van der Waals surface area contributed by atoms with Crippen LogP contribution in [0.1, 0.15) is 36.5 Å². The average Bonchev–Trinajstić information content (AvgIpc) is 3.70. The molecule has 6 rings (SSSR count). The normalized spacial score (nSPS) is 13.0. The molecule has 0 unspecified atom stereocenters. The first-order valence-electron chi connectivity index (χ1n) is 17.4. The molecule has 0 atom stereocenters. The third kappa shape index (κ3) is 9.56. The summed E-state index contributed by atoms with van der Waals surface area (Å²) in [6, 6.07) is 12.0. The lowest BCUT2D eigenvalue weighted by atomic mass is 9.97. The molecule has 0 spiro atoms. The first-order valence-corrected chi connectivity index (χ1v) is 17.4. The lowest BCUT2D eigenvalue weighted by molar-refractivity contribution is -0.133. The number of nitrogens with two attached hydrogens (primary N) is 2. The van der Waals surface area contributed by atoms with Gasteiger partial charge in [-0.05, 0) is 47.7 Å². The molecular weight excluding hydrogens is 656 g/mol. The van der Waals surface area contributed by atoms with Crippen LogP contribution in [0.5, 0.6) is 0 Å². The highest BCUT2D eigenvalue weighted by Gasteiger charge is 2.22. The Morgan fingerprint density at radius 1 is 0.843 bits per heavy atom. The summed E-state index contributed by atoms with van der Waals surface area (Å²) in [6.45, 7) is 9.02. The molecule has 0 radical (unpaired) electrons. The number of nitrogens with zero attached hydrogens (tertiary/aromatic N) is 6. The number of carbonyl (C=O) groups is 1. The fourth-order valence-electron chi connectivity index (χ4n) is 5.97. The largest absolute Gasteiger partial charge is 0.424 e. The standard InChI is InChI=1S/C36H46N8O7/c1-2-10-46-12-14-48-16-18-50-19-17-49-15-13-47-11-8-31(45)43-9-7-26-20-25(3-4-28(26)23-43)22-44-35-32(34(37)39-24-40-35)33(42-44)27-5-6-30-29(21-27)41-36(38)51-30/h3-6,20-21,24H,2,7-19,22-23H2,1H3,(H2,38,41)(H2,37,39,40). The zero-order chi connectivity index (χ0) is 35.4. The van der Waals surface area contributed by atoms with E-state index in [1.807, 2.05) is 27.8 Å². The van der Waals surface area contributed by atoms with Gasteiger partial charge in [-0.2, -0.15) is 10.1 Å². The predicted octanol–water partition coefficient (Wildman–Crippen LogP) is 3.62. The second-order valence-corrected chi connectivity index (χ2v) is 12.2. The van der Waals surface area contributed by atoms with Crippen molar-refractivity contribution in [2.75, 3.05) is 84.1 Å². The maximum Gasteiger partial charge on any atom is 0.292 e. The summed E-state index contributed by atoms with van der Waals surface area (Å²) in [5, 5.41) is 5.59. The summed E-state index contributed by atoms with van der Waals surface area (Å²) in [5.41, 5.74) is 18.8. The number of carbonyl (C=O) groups excluding carboxylic acids is 1. The van der Waals surface area contributed by atoms with Crippen LogP contribution in [0.3, 0.4) is 0 Å². The molecule has 2 aromatic carbocycles. The van der Waals surface area contributed by atoms with Crippen LogP contribution < -0.4 is 11.5 Å². The first kappa shape index (κ1) is 36.1. The summed E-state index contributed by atoms with van der Waals surface area (Å²) >= 11 is 0. The Morgan fingerprint density at radius 3 is 2.27 bits per heavy atom. The minimum atomic E-state index is 0.0810. The number of rotatable bonds is 20. The SMILES string of the molecule is CCCOCCOCCOCCOCCOCCC(=O)N1CCc2cc(Cn3nc(-c4ccc5oc(N)nc5c4)c4c(N)ncnc43)ccc2C1. The van der Waals surface area contributed by atoms with E-state index in [9.17, 15) is 4.79 Å². The van der Waals surface area contributed by atoms with E-state index in [4.69, 9.17) is 44.7 Å². The van der Waals surface area contributed by atoms with Gasteiger partial charge in [0.2, 0.25) is 5.91 Å². The number of fused-ring (bicyclic) bond motifs is 3. The van der Waals surface area contributed by atoms with Gasteiger partial charge in [0.15, 0.2) is 11.2 Å². The quantitative estimate of drug-likeness (QED) is 0.112. The highest BCUT2D eigenvalue weighted by molar-refractivity contribution is 5.99. The minimum Gasteiger partial charge on any atom is -0.424 e. The topological polar surface area (TPSA) is 188 Å². The summed E-state index contributed by atoms with van der Waals surface area (Å²) in [4.78, 5) is 27.8. The average molecular weight is 703 g/mol. The number of hydrogen-bond donors (Lipinski definition) is 2. The molecule has 1 aliphatic rings. The van der Waals surface area contributed by atoms with E-state index in [2.05, 4.69) is 40.1 Å². The molecule has 51 heavy (non-hydrogen) atoms. The second-order valence-electron chi connectivity index (χ2n) is 12.2. The van der Waals surface area contributed by atoms with Crippen LogP contribution in [-0.2, 0) is 48.0 Å². The van der Waals surface area contributed by atoms with Gasteiger partial charge in [-0.3, -0.25) is 4.79 Å². The lowest BCUT2D eigenvalue weighted by Crippen LogP contribution is -2.36. The Bertz CT molecular complexity index is 1890. The fraction of sp³-hybridized carbons (Fsp3) is 0.472. The third-order valence-corrected chi connectivity index (χ3v) is 8.50. The van der Waals surface area contributed by atoms with Gasteiger partial charge < -0.3 is 44.5 Å². The van der Waals surface area contributed by atoms with Crippen molar-refractivity contribution < 1.29 is 32.9 Å². The van der Waals surface area contributed by atoms with Crippen molar-refractivity contribution in [3.63, 3.8) is 0 Å². The Kier molecular flexibility index (Phi) is 12.8. The number of anilines is 2. The van der Waals surface area contributed by atoms with Crippen molar-refractivity contribution >= 4 is 39.9 Å². The molecular formula is C36H46N8O7. The van der Waals surface area contributed by atoms with Crippen molar-refractivity contribution in [3.8, 4) is 11.3 Å². The first-order chi connectivity index (χ1) is 25.0. The Hall–Kier alpha value is -4.67. The molecule has 1 amide bonds. The molecule has 272 valence electrons. The molecule has 4 N–H and O–H groups in total. The molecule has 3 aromatic heterocycles. The van der Waals surface area contributed by atoms with E-state index in [0.29, 0.717) is 119 Å². The van der Waals surface area contributed by atoms with E-state index >= 15 is 0 Å². The van der Waals surface area contributed by atoms with Crippen molar-refractivity contribution in [3.05, 3.63) is 59.4 Å². The van der Waals surface area contributed by atoms with Crippen molar-refractivity contribution in [2.45, 2.75) is 39.3 Å². The molecule has 15 heteroatoms. The van der Waals surface area contributed by atoms with Crippen LogP contribution in [0.2, 0.25) is 0 Å². The molecule has 0 bridgehead atoms. The van der Waals surface area contributed by atoms with Gasteiger partial charge in [0.05, 0.1) is 77.8 Å². The smallest absolute Gasteiger partial charge is 0.292 e. The Labute approximate surface area is 296 Å². The monoisotopic (exact) mass is 702 g/mol. The van der Waals surface area contributed by atoms with E-state index in [1.165, 1.54) is 11.9 Å². The summed E-state index contributed by atoms with van der Waals surface area (Å²) < 4.78 is 34.7. The minimum absolute atomic E-state index is 0.0810. The highest BCUT2D eigenvalue weighted by atomic mass is 16.6. The van der Waals surface area contributed by atoms with Crippen molar-refractivity contribution in [1.29, 1.82) is 0 Å². The number of hydrogen-bond acceptors (Lipinski definition) is 13. The highest BCUT2D eigenvalue weighted by Crippen LogP contribution is 2.33. The Morgan fingerprint density at radius 2 is 1.55 bits per heavy atom. The zero-order valence-corrected chi connectivity index (χ0v) is 29.1. The molecule has 0 saturated carbocycles. The molecule has 15 nitrogen and oxygen atoms in total. The lowest BCUT2D eigenvalue weighted by Gasteiger charge is -2.29. The van der Waals surface area contributed by atoms with Crippen LogP contribution in [-0.4, -0.2) is 108 Å². The van der Waals surface area contributed by atoms with Crippen LogP contribution in [0.15, 0.2) is 47.1 Å². The predicted molar refractivity (Wildman–Crippen MR) is 191 cm³/mol. The molecule has 0 fully saturated rings. The van der Waals surface area contributed by atoms with Gasteiger partial charge in [-0.1, -0.05) is 25.1 Å². The van der Waals surface area contributed by atoms with Gasteiger partial charge >= 0.3 is 0 Å². The van der Waals surface area contributed by atoms with E-state index in [-0.39, 0.29) is 11.9 Å². The number of nitrogen functional groups attached to an aromatic ring is 2. The molecule has 0 aliphatic carbocycles. The van der Waals surface area contributed by atoms with Crippen LogP contribution in [0.25, 0.3) is 33.4 Å². The summed E-state index contributed by atoms with van der Waals surface area (Å²) in [6.07, 6.45) is 3.56. The number of ether oxygens (including phenoxy) is 5. The van der Waals surface area contributed by atoms with Crippen LogP contribution >= 0.6 is 0 Å². The van der Waals surface area contributed by atoms with Crippen LogP contribution in [0, 0.1) is 0 Å². The van der Waals surface area contributed by atoms with Crippen molar-refractivity contribution in [1.82, 2.24) is 29.6 Å². The maximum atomic E-state index is 12.9. The van der Waals surface area contributed by atoms with E-state index in [1.54, 1.807) is 0 Å². The van der Waals surface area contributed by atoms with E-state index < -0.39 is 0 Å². The molecule has 0 saturated heterocycles. The van der Waals surface area contributed by atoms with Crippen LogP contribution in [0.4, 0.5) is 11.8 Å². The summed E-state index contributed by atoms with van der Waals surface area (Å²) in [5.74, 6) is 0.426. The zero-order valence-electron chi connectivity index (χ0n) is 29.1. The molecule has 1 aliphatic heterocycles. The number of amides is 1. The van der Waals surface area contributed by atoms with Gasteiger partial charge in [-0.15, -0.1) is 0 Å².